The van der Waals surface area contributed by atoms with Crippen LogP contribution in [0.25, 0.3) is 0 Å². The van der Waals surface area contributed by atoms with E-state index in [4.69, 9.17) is 14.5 Å². The van der Waals surface area contributed by atoms with E-state index >= 15 is 0 Å². The van der Waals surface area contributed by atoms with Crippen molar-refractivity contribution in [1.82, 2.24) is 15.5 Å². The molecule has 0 spiro atoms. The van der Waals surface area contributed by atoms with E-state index in [1.54, 1.807) is 0 Å². The standard InChI is InChI=1S/C28H48N4O3/c1-7-32-23(6)26(27(33)29-17-11-19-34-21(2)3)25(16-15-24-13-9-8-10-14-24)31-28(32)30-18-12-20-35-22(4)5/h8-10,13-14,21-23,25-26H,7,11-12,15-20H2,1-6H3,(H,29,33)(H,30,31)/t23-,25+,26-/m1/s1. The summed E-state index contributed by atoms with van der Waals surface area (Å²) in [5.74, 6) is 0.848. The zero-order valence-corrected chi connectivity index (χ0v) is 22.8. The van der Waals surface area contributed by atoms with Crippen LogP contribution in [-0.4, -0.2) is 73.9 Å². The maximum Gasteiger partial charge on any atom is 0.227 e. The number of nitrogens with zero attached hydrogens (tertiary/aromatic N) is 2. The quantitative estimate of drug-likeness (QED) is 0.365. The number of guanidine groups is 1. The number of carbonyl (C=O) groups is 1. The molecule has 1 aliphatic heterocycles. The summed E-state index contributed by atoms with van der Waals surface area (Å²) < 4.78 is 11.3. The third-order valence-electron chi connectivity index (χ3n) is 6.35. The number of ether oxygens (including phenoxy) is 2. The summed E-state index contributed by atoms with van der Waals surface area (Å²) >= 11 is 0. The van der Waals surface area contributed by atoms with Gasteiger partial charge >= 0.3 is 0 Å². The van der Waals surface area contributed by atoms with E-state index in [0.717, 1.165) is 38.2 Å². The molecule has 0 aromatic heterocycles. The number of rotatable bonds is 15. The molecule has 0 saturated carbocycles. The molecular weight excluding hydrogens is 440 g/mol. The lowest BCUT2D eigenvalue weighted by Crippen LogP contribution is -2.65. The van der Waals surface area contributed by atoms with Crippen molar-refractivity contribution in [3.05, 3.63) is 35.9 Å². The molecule has 2 rings (SSSR count). The minimum atomic E-state index is -0.159. The topological polar surface area (TPSA) is 75.2 Å². The molecule has 1 heterocycles. The number of carbonyl (C=O) groups excluding carboxylic acids is 1. The first-order valence-corrected chi connectivity index (χ1v) is 13.5. The average molecular weight is 489 g/mol. The predicted molar refractivity (Wildman–Crippen MR) is 144 cm³/mol. The van der Waals surface area contributed by atoms with Crippen LogP contribution >= 0.6 is 0 Å². The fourth-order valence-corrected chi connectivity index (χ4v) is 4.55. The third kappa shape index (κ3) is 10.2. The van der Waals surface area contributed by atoms with Gasteiger partial charge in [0, 0.05) is 44.9 Å². The maximum absolute atomic E-state index is 13.4. The predicted octanol–water partition coefficient (Wildman–Crippen LogP) is 4.02. The number of hydrogen-bond donors (Lipinski definition) is 2. The highest BCUT2D eigenvalue weighted by Gasteiger charge is 2.41. The van der Waals surface area contributed by atoms with Crippen molar-refractivity contribution >= 4 is 11.9 Å². The molecule has 7 heteroatoms. The Morgan fingerprint density at radius 3 is 2.37 bits per heavy atom. The van der Waals surface area contributed by atoms with Crippen LogP contribution in [0.5, 0.6) is 0 Å². The maximum atomic E-state index is 13.4. The van der Waals surface area contributed by atoms with Crippen molar-refractivity contribution in [3.8, 4) is 0 Å². The normalized spacial score (nSPS) is 21.5. The van der Waals surface area contributed by atoms with Gasteiger partial charge in [0.2, 0.25) is 5.91 Å². The van der Waals surface area contributed by atoms with E-state index < -0.39 is 0 Å². The first kappa shape index (κ1) is 29.1. The van der Waals surface area contributed by atoms with Crippen LogP contribution in [0.4, 0.5) is 0 Å². The Labute approximate surface area is 213 Å². The van der Waals surface area contributed by atoms with E-state index in [1.807, 2.05) is 19.9 Å². The Morgan fingerprint density at radius 2 is 1.74 bits per heavy atom. The van der Waals surface area contributed by atoms with Gasteiger partial charge in [-0.3, -0.25) is 9.79 Å². The van der Waals surface area contributed by atoms with Crippen LogP contribution in [-0.2, 0) is 20.7 Å². The summed E-state index contributed by atoms with van der Waals surface area (Å²) in [6.45, 7) is 15.9. The molecule has 1 amide bonds. The van der Waals surface area contributed by atoms with Crippen molar-refractivity contribution in [2.24, 2.45) is 10.9 Å². The zero-order valence-electron chi connectivity index (χ0n) is 22.8. The lowest BCUT2D eigenvalue weighted by atomic mass is 9.85. The number of nitrogens with one attached hydrogen (secondary N) is 2. The molecule has 1 saturated heterocycles. The lowest BCUT2D eigenvalue weighted by molar-refractivity contribution is -0.128. The Morgan fingerprint density at radius 1 is 1.09 bits per heavy atom. The van der Waals surface area contributed by atoms with E-state index in [1.165, 1.54) is 5.56 Å². The van der Waals surface area contributed by atoms with Crippen LogP contribution in [0.2, 0.25) is 0 Å². The zero-order chi connectivity index (χ0) is 25.6. The van der Waals surface area contributed by atoms with Crippen LogP contribution in [0.15, 0.2) is 35.3 Å². The monoisotopic (exact) mass is 488 g/mol. The molecule has 2 N–H and O–H groups in total. The molecule has 1 aliphatic rings. The Balaban J connectivity index is 2.08. The van der Waals surface area contributed by atoms with Gasteiger partial charge in [-0.2, -0.15) is 0 Å². The fourth-order valence-electron chi connectivity index (χ4n) is 4.55. The molecule has 198 valence electrons. The second-order valence-corrected chi connectivity index (χ2v) is 9.87. The fraction of sp³-hybridized carbons (Fsp3) is 0.714. The summed E-state index contributed by atoms with van der Waals surface area (Å²) in [6.07, 6.45) is 3.93. The minimum absolute atomic E-state index is 0.0191. The number of aryl methyl sites for hydroxylation is 1. The summed E-state index contributed by atoms with van der Waals surface area (Å²) in [4.78, 5) is 20.5. The van der Waals surface area contributed by atoms with Crippen LogP contribution in [0.1, 0.15) is 66.4 Å². The van der Waals surface area contributed by atoms with E-state index in [-0.39, 0.29) is 36.1 Å². The van der Waals surface area contributed by atoms with Gasteiger partial charge in [-0.15, -0.1) is 0 Å². The number of benzene rings is 1. The number of aliphatic imine (C=N–C) groups is 1. The molecule has 1 aromatic carbocycles. The molecule has 0 aliphatic carbocycles. The van der Waals surface area contributed by atoms with E-state index in [2.05, 4.69) is 67.5 Å². The SMILES string of the molecule is CCN1C(=NCCCOC(C)C)N[C@@H](CCc2ccccc2)[C@H](C(=O)NCCCOC(C)C)[C@H]1C. The summed E-state index contributed by atoms with van der Waals surface area (Å²) in [7, 11) is 0. The van der Waals surface area contributed by atoms with Crippen molar-refractivity contribution in [3.63, 3.8) is 0 Å². The smallest absolute Gasteiger partial charge is 0.227 e. The Hall–Kier alpha value is -2.12. The molecule has 7 nitrogen and oxygen atoms in total. The van der Waals surface area contributed by atoms with Crippen LogP contribution in [0.3, 0.4) is 0 Å². The molecule has 1 aromatic rings. The molecular formula is C28H48N4O3. The molecule has 35 heavy (non-hydrogen) atoms. The summed E-state index contributed by atoms with van der Waals surface area (Å²) in [6, 6.07) is 10.6. The minimum Gasteiger partial charge on any atom is -0.379 e. The van der Waals surface area contributed by atoms with Gasteiger partial charge < -0.3 is 25.0 Å². The Bertz CT molecular complexity index is 754. The van der Waals surface area contributed by atoms with Crippen molar-refractivity contribution in [2.45, 2.75) is 91.5 Å². The second-order valence-electron chi connectivity index (χ2n) is 9.87. The van der Waals surface area contributed by atoms with E-state index in [9.17, 15) is 4.79 Å². The highest BCUT2D eigenvalue weighted by molar-refractivity contribution is 5.87. The summed E-state index contributed by atoms with van der Waals surface area (Å²) in [5.41, 5.74) is 1.29. The van der Waals surface area contributed by atoms with Gasteiger partial charge in [-0.05, 0) is 72.8 Å². The van der Waals surface area contributed by atoms with Gasteiger partial charge in [0.05, 0.1) is 18.1 Å². The number of hydrogen-bond acceptors (Lipinski definition) is 4. The van der Waals surface area contributed by atoms with E-state index in [0.29, 0.717) is 26.3 Å². The lowest BCUT2D eigenvalue weighted by Gasteiger charge is -2.45. The van der Waals surface area contributed by atoms with Crippen molar-refractivity contribution < 1.29 is 14.3 Å². The molecule has 0 radical (unpaired) electrons. The van der Waals surface area contributed by atoms with Gasteiger partial charge in [-0.25, -0.2) is 0 Å². The van der Waals surface area contributed by atoms with Crippen molar-refractivity contribution in [2.75, 3.05) is 32.8 Å². The van der Waals surface area contributed by atoms with Gasteiger partial charge in [0.25, 0.3) is 0 Å². The largest absolute Gasteiger partial charge is 0.379 e. The second kappa shape index (κ2) is 15.8. The highest BCUT2D eigenvalue weighted by atomic mass is 16.5. The summed E-state index contributed by atoms with van der Waals surface area (Å²) in [5, 5.41) is 6.82. The van der Waals surface area contributed by atoms with Crippen LogP contribution in [0, 0.1) is 5.92 Å². The van der Waals surface area contributed by atoms with Gasteiger partial charge in [-0.1, -0.05) is 30.3 Å². The first-order chi connectivity index (χ1) is 16.8. The molecule has 1 fully saturated rings. The number of amides is 1. The molecule has 0 unspecified atom stereocenters. The molecule has 3 atom stereocenters. The van der Waals surface area contributed by atoms with Crippen LogP contribution < -0.4 is 10.6 Å². The van der Waals surface area contributed by atoms with Crippen molar-refractivity contribution in [1.29, 1.82) is 0 Å². The average Bonchev–Trinajstić information content (AvgIpc) is 2.82. The van der Waals surface area contributed by atoms with Gasteiger partial charge in [0.1, 0.15) is 0 Å². The van der Waals surface area contributed by atoms with Gasteiger partial charge in [0.15, 0.2) is 5.96 Å². The third-order valence-corrected chi connectivity index (χ3v) is 6.35. The highest BCUT2D eigenvalue weighted by Crippen LogP contribution is 2.25. The molecule has 0 bridgehead atoms. The Kier molecular flexibility index (Phi) is 13.1. The first-order valence-electron chi connectivity index (χ1n) is 13.5.